The molecule has 1 spiro atoms. The van der Waals surface area contributed by atoms with Crippen LogP contribution < -0.4 is 5.32 Å². The summed E-state index contributed by atoms with van der Waals surface area (Å²) in [6.45, 7) is 1.69. The molecule has 0 unspecified atom stereocenters. The number of benzene rings is 2. The van der Waals surface area contributed by atoms with Crippen LogP contribution in [-0.4, -0.2) is 62.2 Å². The third-order valence-corrected chi connectivity index (χ3v) is 9.46. The van der Waals surface area contributed by atoms with Crippen molar-refractivity contribution in [1.29, 1.82) is 0 Å². The number of amides is 1. The van der Waals surface area contributed by atoms with Crippen LogP contribution in [0.4, 0.5) is 10.1 Å². The Morgan fingerprint density at radius 1 is 1.21 bits per heavy atom. The molecule has 3 fully saturated rings. The van der Waals surface area contributed by atoms with Gasteiger partial charge in [-0.05, 0) is 48.9 Å². The molecule has 1 amide bonds. The lowest BCUT2D eigenvalue weighted by Crippen LogP contribution is -2.53. The number of aromatic amines is 1. The van der Waals surface area contributed by atoms with Crippen molar-refractivity contribution < 1.29 is 19.1 Å². The molecule has 0 bridgehead atoms. The number of hydrogen-bond acceptors (Lipinski definition) is 5. The molecule has 0 radical (unpaired) electrons. The number of anilines is 1. The van der Waals surface area contributed by atoms with Gasteiger partial charge >= 0.3 is 5.97 Å². The van der Waals surface area contributed by atoms with Gasteiger partial charge in [0.05, 0.1) is 11.2 Å². The standard InChI is InChI=1S/C28H26Cl2FN5O3/c29-16-6-7-18-20(10-16)33-27(39)28(18)22(17-2-1-3-19(30)23(17)31)25-21(36(28)12-14-4-5-14)8-9-35(25)13-15-11-32-34-24(15)26(37)38/h1-3,6-7,10-11,14,21-22,25H,4-5,8-9,12-13H2,(H,32,34)(H,33,39)(H,37,38)/t21-,22-,25+,28+/m0/s1. The Bertz CT molecular complexity index is 1510. The van der Waals surface area contributed by atoms with Crippen molar-refractivity contribution in [2.75, 3.05) is 18.4 Å². The first kappa shape index (κ1) is 25.0. The van der Waals surface area contributed by atoms with Crippen molar-refractivity contribution >= 4 is 40.8 Å². The number of hydrogen-bond donors (Lipinski definition) is 3. The van der Waals surface area contributed by atoms with E-state index < -0.39 is 23.2 Å². The summed E-state index contributed by atoms with van der Waals surface area (Å²) in [6, 6.07) is 10.0. The van der Waals surface area contributed by atoms with E-state index in [9.17, 15) is 14.7 Å². The van der Waals surface area contributed by atoms with Crippen molar-refractivity contribution in [3.8, 4) is 0 Å². The number of rotatable bonds is 6. The van der Waals surface area contributed by atoms with Gasteiger partial charge in [0.1, 0.15) is 17.1 Å². The Kier molecular flexibility index (Phi) is 5.79. The molecule has 39 heavy (non-hydrogen) atoms. The van der Waals surface area contributed by atoms with Gasteiger partial charge in [-0.2, -0.15) is 5.10 Å². The normalized spacial score (nSPS) is 28.2. The summed E-state index contributed by atoms with van der Waals surface area (Å²) in [5, 5.41) is 19.8. The third kappa shape index (κ3) is 3.67. The smallest absolute Gasteiger partial charge is 0.354 e. The van der Waals surface area contributed by atoms with E-state index in [4.69, 9.17) is 23.2 Å². The predicted molar refractivity (Wildman–Crippen MR) is 143 cm³/mol. The molecule has 2 aromatic carbocycles. The molecule has 8 nitrogen and oxygen atoms in total. The van der Waals surface area contributed by atoms with Gasteiger partial charge in [0, 0.05) is 59.5 Å². The maximum absolute atomic E-state index is 16.0. The molecule has 3 aliphatic heterocycles. The Morgan fingerprint density at radius 3 is 2.79 bits per heavy atom. The number of aromatic nitrogens is 2. The van der Waals surface area contributed by atoms with E-state index in [1.807, 2.05) is 6.07 Å². The average Bonchev–Trinajstić information content (AvgIpc) is 3.21. The quantitative estimate of drug-likeness (QED) is 0.392. The van der Waals surface area contributed by atoms with Crippen LogP contribution in [0.15, 0.2) is 42.6 Å². The van der Waals surface area contributed by atoms with Gasteiger partial charge in [0.2, 0.25) is 5.91 Å². The Labute approximate surface area is 234 Å². The predicted octanol–water partition coefficient (Wildman–Crippen LogP) is 4.85. The lowest BCUT2D eigenvalue weighted by Gasteiger charge is -2.41. The highest BCUT2D eigenvalue weighted by Crippen LogP contribution is 2.61. The largest absolute Gasteiger partial charge is 0.477 e. The summed E-state index contributed by atoms with van der Waals surface area (Å²) >= 11 is 12.7. The van der Waals surface area contributed by atoms with Gasteiger partial charge in [-0.25, -0.2) is 9.18 Å². The highest BCUT2D eigenvalue weighted by Gasteiger charge is 2.69. The number of carboxylic acid groups (broad SMARTS) is 1. The maximum atomic E-state index is 16.0. The second-order valence-electron chi connectivity index (χ2n) is 11.0. The lowest BCUT2D eigenvalue weighted by atomic mass is 9.73. The molecule has 1 aliphatic carbocycles. The van der Waals surface area contributed by atoms with E-state index in [1.54, 1.807) is 24.3 Å². The molecular formula is C28H26Cl2FN5O3. The zero-order valence-electron chi connectivity index (χ0n) is 20.8. The average molecular weight is 570 g/mol. The summed E-state index contributed by atoms with van der Waals surface area (Å²) in [5.41, 5.74) is 1.21. The minimum absolute atomic E-state index is 0.00197. The van der Waals surface area contributed by atoms with E-state index >= 15 is 4.39 Å². The van der Waals surface area contributed by atoms with E-state index in [1.165, 1.54) is 12.3 Å². The van der Waals surface area contributed by atoms with E-state index in [2.05, 4.69) is 25.3 Å². The van der Waals surface area contributed by atoms with E-state index in [0.717, 1.165) is 31.4 Å². The number of nitrogens with one attached hydrogen (secondary N) is 2. The topological polar surface area (TPSA) is 102 Å². The Morgan fingerprint density at radius 2 is 2.03 bits per heavy atom. The minimum atomic E-state index is -1.17. The molecule has 3 aromatic rings. The van der Waals surface area contributed by atoms with Crippen LogP contribution in [0.1, 0.15) is 52.4 Å². The first-order chi connectivity index (χ1) is 18.8. The summed E-state index contributed by atoms with van der Waals surface area (Å²) in [6.07, 6.45) is 4.47. The van der Waals surface area contributed by atoms with Crippen molar-refractivity contribution in [1.82, 2.24) is 20.0 Å². The summed E-state index contributed by atoms with van der Waals surface area (Å²) < 4.78 is 16.0. The monoisotopic (exact) mass is 569 g/mol. The van der Waals surface area contributed by atoms with Crippen LogP contribution in [0, 0.1) is 11.7 Å². The van der Waals surface area contributed by atoms with Gasteiger partial charge in [-0.3, -0.25) is 19.7 Å². The highest BCUT2D eigenvalue weighted by molar-refractivity contribution is 6.31. The van der Waals surface area contributed by atoms with Gasteiger partial charge < -0.3 is 10.4 Å². The fourth-order valence-electron chi connectivity index (χ4n) is 7.25. The minimum Gasteiger partial charge on any atom is -0.477 e. The van der Waals surface area contributed by atoms with Gasteiger partial charge in [0.15, 0.2) is 0 Å². The van der Waals surface area contributed by atoms with Crippen LogP contribution in [-0.2, 0) is 16.9 Å². The van der Waals surface area contributed by atoms with Gasteiger partial charge in [0.25, 0.3) is 0 Å². The molecule has 4 heterocycles. The molecule has 11 heteroatoms. The van der Waals surface area contributed by atoms with Crippen LogP contribution in [0.5, 0.6) is 0 Å². The molecule has 7 rings (SSSR count). The number of fused-ring (bicyclic) bond motifs is 3. The van der Waals surface area contributed by atoms with Crippen LogP contribution in [0.2, 0.25) is 10.0 Å². The SMILES string of the molecule is O=C(O)c1[nH]ncc1CN1CC[C@H]2[C@@H]1[C@H](c1cccc(Cl)c1F)[C@]1(C(=O)Nc3cc(Cl)ccc31)N2CC1CC1. The fraction of sp³-hybridized carbons (Fsp3) is 0.393. The lowest BCUT2D eigenvalue weighted by molar-refractivity contribution is -0.128. The number of likely N-dealkylation sites (tertiary alicyclic amines) is 2. The number of carboxylic acids is 1. The van der Waals surface area contributed by atoms with Crippen LogP contribution >= 0.6 is 23.2 Å². The molecule has 4 atom stereocenters. The molecular weight excluding hydrogens is 544 g/mol. The van der Waals surface area contributed by atoms with E-state index in [0.29, 0.717) is 40.8 Å². The van der Waals surface area contributed by atoms with Crippen molar-refractivity contribution in [3.05, 3.63) is 80.8 Å². The number of aromatic carboxylic acids is 1. The Balaban J connectivity index is 1.44. The summed E-state index contributed by atoms with van der Waals surface area (Å²) in [7, 11) is 0. The molecule has 3 N–H and O–H groups in total. The number of nitrogens with zero attached hydrogens (tertiary/aromatic N) is 3. The second-order valence-corrected chi connectivity index (χ2v) is 11.9. The van der Waals surface area contributed by atoms with Gasteiger partial charge in [-0.1, -0.05) is 41.4 Å². The summed E-state index contributed by atoms with van der Waals surface area (Å²) in [4.78, 5) is 30.6. The Hall–Kier alpha value is -2.98. The van der Waals surface area contributed by atoms with Crippen LogP contribution in [0.25, 0.3) is 0 Å². The van der Waals surface area contributed by atoms with Gasteiger partial charge in [-0.15, -0.1) is 0 Å². The fourth-order valence-corrected chi connectivity index (χ4v) is 7.61. The summed E-state index contributed by atoms with van der Waals surface area (Å²) in [5.74, 6) is -1.96. The molecule has 2 saturated heterocycles. The number of H-pyrrole nitrogens is 1. The number of carbonyl (C=O) groups excluding carboxylic acids is 1. The van der Waals surface area contributed by atoms with Crippen molar-refractivity contribution in [3.63, 3.8) is 0 Å². The van der Waals surface area contributed by atoms with Crippen LogP contribution in [0.3, 0.4) is 0 Å². The van der Waals surface area contributed by atoms with Crippen molar-refractivity contribution in [2.24, 2.45) is 5.92 Å². The molecule has 202 valence electrons. The first-order valence-electron chi connectivity index (χ1n) is 13.1. The maximum Gasteiger partial charge on any atom is 0.354 e. The zero-order chi connectivity index (χ0) is 27.1. The number of halogens is 3. The molecule has 1 saturated carbocycles. The van der Waals surface area contributed by atoms with E-state index in [-0.39, 0.29) is 28.7 Å². The zero-order valence-corrected chi connectivity index (χ0v) is 22.3. The highest BCUT2D eigenvalue weighted by atomic mass is 35.5. The third-order valence-electron chi connectivity index (χ3n) is 8.93. The number of carbonyl (C=O) groups is 2. The molecule has 4 aliphatic rings. The van der Waals surface area contributed by atoms with Crippen molar-refractivity contribution in [2.45, 2.75) is 49.3 Å². The first-order valence-corrected chi connectivity index (χ1v) is 13.9. The second kappa shape index (κ2) is 9.02. The molecule has 1 aromatic heterocycles.